The number of methoxy groups -OCH3 is 1. The third kappa shape index (κ3) is 2.14. The molecule has 0 saturated heterocycles. The van der Waals surface area contributed by atoms with Crippen molar-refractivity contribution in [1.82, 2.24) is 4.98 Å². The fraction of sp³-hybridized carbons (Fsp3) is 0.0909. The fourth-order valence-electron chi connectivity index (χ4n) is 1.08. The van der Waals surface area contributed by atoms with Crippen LogP contribution in [0.1, 0.15) is 5.01 Å². The van der Waals surface area contributed by atoms with Gasteiger partial charge in [-0.3, -0.25) is 0 Å². The summed E-state index contributed by atoms with van der Waals surface area (Å²) in [6.45, 7) is 0. The normalized spacial score (nSPS) is 9.40. The molecule has 1 heterocycles. The van der Waals surface area contributed by atoms with Crippen LogP contribution in [0.15, 0.2) is 24.3 Å². The maximum absolute atomic E-state index is 10.8. The average molecular weight is 217 g/mol. The summed E-state index contributed by atoms with van der Waals surface area (Å²) >= 11 is 1.46. The Morgan fingerprint density at radius 2 is 2.27 bits per heavy atom. The van der Waals surface area contributed by atoms with Crippen LogP contribution >= 0.6 is 11.3 Å². The van der Waals surface area contributed by atoms with Crippen LogP contribution < -0.4 is 0 Å². The number of aromatic nitrogens is 1. The quantitative estimate of drug-likeness (QED) is 0.499. The molecule has 15 heavy (non-hydrogen) atoms. The van der Waals surface area contributed by atoms with Crippen molar-refractivity contribution in [2.45, 2.75) is 0 Å². The Balaban J connectivity index is 2.36. The van der Waals surface area contributed by atoms with Gasteiger partial charge in [0.15, 0.2) is 5.01 Å². The molecule has 0 N–H and O–H groups in total. The molecular formula is C11H7NO2S. The Labute approximate surface area is 90.7 Å². The molecule has 0 bridgehead atoms. The van der Waals surface area contributed by atoms with Crippen molar-refractivity contribution < 1.29 is 9.53 Å². The first-order chi connectivity index (χ1) is 7.29. The maximum atomic E-state index is 10.8. The third-order valence-corrected chi connectivity index (χ3v) is 2.70. The number of thiazole rings is 1. The van der Waals surface area contributed by atoms with E-state index in [4.69, 9.17) is 0 Å². The van der Waals surface area contributed by atoms with E-state index in [0.29, 0.717) is 5.01 Å². The highest BCUT2D eigenvalue weighted by Crippen LogP contribution is 2.20. The number of hydrogen-bond acceptors (Lipinski definition) is 4. The van der Waals surface area contributed by atoms with Crippen molar-refractivity contribution in [2.75, 3.05) is 7.11 Å². The Kier molecular flexibility index (Phi) is 2.66. The predicted molar refractivity (Wildman–Crippen MR) is 58.5 cm³/mol. The summed E-state index contributed by atoms with van der Waals surface area (Å²) in [5, 5.41) is 0.626. The smallest absolute Gasteiger partial charge is 0.384 e. The molecule has 0 spiro atoms. The first-order valence-electron chi connectivity index (χ1n) is 4.25. The van der Waals surface area contributed by atoms with E-state index >= 15 is 0 Å². The molecule has 0 amide bonds. The topological polar surface area (TPSA) is 39.2 Å². The van der Waals surface area contributed by atoms with Crippen LogP contribution in [0.3, 0.4) is 0 Å². The number of nitrogens with zero attached hydrogens (tertiary/aromatic N) is 1. The Hall–Kier alpha value is -1.86. The second kappa shape index (κ2) is 4.11. The highest BCUT2D eigenvalue weighted by atomic mass is 32.1. The molecule has 0 radical (unpaired) electrons. The van der Waals surface area contributed by atoms with Gasteiger partial charge < -0.3 is 4.74 Å². The lowest BCUT2D eigenvalue weighted by Gasteiger charge is -1.82. The number of para-hydroxylation sites is 1. The fourth-order valence-corrected chi connectivity index (χ4v) is 1.90. The molecule has 3 nitrogen and oxygen atoms in total. The molecular weight excluding hydrogens is 210 g/mol. The summed E-state index contributed by atoms with van der Waals surface area (Å²) in [5.41, 5.74) is 0.900. The molecule has 0 unspecified atom stereocenters. The van der Waals surface area contributed by atoms with Gasteiger partial charge in [-0.25, -0.2) is 9.78 Å². The molecule has 4 heteroatoms. The van der Waals surface area contributed by atoms with E-state index in [1.54, 1.807) is 0 Å². The zero-order chi connectivity index (χ0) is 10.7. The van der Waals surface area contributed by atoms with Crippen LogP contribution in [0.25, 0.3) is 10.2 Å². The SMILES string of the molecule is COC(=O)C#Cc1nc2ccccc2s1. The van der Waals surface area contributed by atoms with Crippen molar-refractivity contribution in [2.24, 2.45) is 0 Å². The molecule has 0 aliphatic carbocycles. The van der Waals surface area contributed by atoms with E-state index in [2.05, 4.69) is 21.6 Å². The van der Waals surface area contributed by atoms with Gasteiger partial charge in [0.05, 0.1) is 17.3 Å². The van der Waals surface area contributed by atoms with E-state index in [1.807, 2.05) is 24.3 Å². The number of fused-ring (bicyclic) bond motifs is 1. The van der Waals surface area contributed by atoms with Crippen molar-refractivity contribution in [3.05, 3.63) is 29.3 Å². The Morgan fingerprint density at radius 3 is 3.00 bits per heavy atom. The zero-order valence-corrected chi connectivity index (χ0v) is 8.80. The Bertz CT molecular complexity index is 529. The van der Waals surface area contributed by atoms with Crippen LogP contribution in [-0.4, -0.2) is 18.1 Å². The summed E-state index contributed by atoms with van der Waals surface area (Å²) in [7, 11) is 1.30. The molecule has 0 fully saturated rings. The van der Waals surface area contributed by atoms with Gasteiger partial charge >= 0.3 is 5.97 Å². The van der Waals surface area contributed by atoms with Crippen molar-refractivity contribution in [3.63, 3.8) is 0 Å². The third-order valence-electron chi connectivity index (χ3n) is 1.75. The van der Waals surface area contributed by atoms with Gasteiger partial charge in [0, 0.05) is 5.92 Å². The maximum Gasteiger partial charge on any atom is 0.384 e. The second-order valence-electron chi connectivity index (χ2n) is 2.73. The van der Waals surface area contributed by atoms with Crippen molar-refractivity contribution in [3.8, 4) is 11.8 Å². The Morgan fingerprint density at radius 1 is 1.47 bits per heavy atom. The first-order valence-corrected chi connectivity index (χ1v) is 5.07. The van der Waals surface area contributed by atoms with Gasteiger partial charge in [-0.15, -0.1) is 11.3 Å². The molecule has 2 aromatic rings. The molecule has 1 aromatic carbocycles. The predicted octanol–water partition coefficient (Wildman–Crippen LogP) is 1.82. The molecule has 0 saturated carbocycles. The van der Waals surface area contributed by atoms with E-state index < -0.39 is 5.97 Å². The lowest BCUT2D eigenvalue weighted by atomic mass is 10.3. The minimum Gasteiger partial charge on any atom is -0.459 e. The number of carbonyl (C=O) groups excluding carboxylic acids is 1. The van der Waals surface area contributed by atoms with E-state index in [0.717, 1.165) is 10.2 Å². The lowest BCUT2D eigenvalue weighted by molar-refractivity contribution is -0.133. The van der Waals surface area contributed by atoms with Gasteiger partial charge in [-0.1, -0.05) is 12.1 Å². The average Bonchev–Trinajstić information content (AvgIpc) is 2.68. The van der Waals surface area contributed by atoms with E-state index in [9.17, 15) is 4.79 Å². The van der Waals surface area contributed by atoms with Crippen LogP contribution in [0.4, 0.5) is 0 Å². The lowest BCUT2D eigenvalue weighted by Crippen LogP contribution is -1.94. The van der Waals surface area contributed by atoms with Crippen molar-refractivity contribution in [1.29, 1.82) is 0 Å². The van der Waals surface area contributed by atoms with Crippen LogP contribution in [0, 0.1) is 11.8 Å². The van der Waals surface area contributed by atoms with Gasteiger partial charge in [-0.05, 0) is 18.1 Å². The number of esters is 1. The summed E-state index contributed by atoms with van der Waals surface area (Å²) in [5.74, 6) is 4.47. The summed E-state index contributed by atoms with van der Waals surface area (Å²) in [4.78, 5) is 15.0. The number of rotatable bonds is 0. The van der Waals surface area contributed by atoms with Crippen LogP contribution in [0.2, 0.25) is 0 Å². The van der Waals surface area contributed by atoms with Gasteiger partial charge in [-0.2, -0.15) is 0 Å². The standard InChI is InChI=1S/C11H7NO2S/c1-14-11(13)7-6-10-12-8-4-2-3-5-9(8)15-10/h2-5H,1H3. The highest BCUT2D eigenvalue weighted by molar-refractivity contribution is 7.19. The molecule has 0 aliphatic rings. The molecule has 0 atom stereocenters. The molecule has 0 aliphatic heterocycles. The van der Waals surface area contributed by atoms with E-state index in [-0.39, 0.29) is 0 Å². The minimum absolute atomic E-state index is 0.547. The van der Waals surface area contributed by atoms with E-state index in [1.165, 1.54) is 18.4 Å². The number of ether oxygens (including phenoxy) is 1. The largest absolute Gasteiger partial charge is 0.459 e. The van der Waals surface area contributed by atoms with Crippen LogP contribution in [-0.2, 0) is 9.53 Å². The second-order valence-corrected chi connectivity index (χ2v) is 3.76. The zero-order valence-electron chi connectivity index (χ0n) is 7.98. The van der Waals surface area contributed by atoms with Crippen molar-refractivity contribution >= 4 is 27.5 Å². The van der Waals surface area contributed by atoms with Gasteiger partial charge in [0.25, 0.3) is 0 Å². The summed E-state index contributed by atoms with van der Waals surface area (Å²) in [6.07, 6.45) is 0. The summed E-state index contributed by atoms with van der Waals surface area (Å²) in [6, 6.07) is 7.74. The number of carbonyl (C=O) groups is 1. The first kappa shape index (κ1) is 9.69. The molecule has 1 aromatic heterocycles. The monoisotopic (exact) mass is 217 g/mol. The van der Waals surface area contributed by atoms with Crippen LogP contribution in [0.5, 0.6) is 0 Å². The number of hydrogen-bond donors (Lipinski definition) is 0. The molecule has 74 valence electrons. The molecule has 2 rings (SSSR count). The van der Waals surface area contributed by atoms with Gasteiger partial charge in [0.1, 0.15) is 0 Å². The highest BCUT2D eigenvalue weighted by Gasteiger charge is 1.99. The minimum atomic E-state index is -0.547. The van der Waals surface area contributed by atoms with Gasteiger partial charge in [0.2, 0.25) is 0 Å². The summed E-state index contributed by atoms with van der Waals surface area (Å²) < 4.78 is 5.47. The number of benzene rings is 1.